The molecular weight excluding hydrogens is 269 g/mol. The number of piperidine rings is 1. The zero-order valence-electron chi connectivity index (χ0n) is 9.50. The summed E-state index contributed by atoms with van der Waals surface area (Å²) < 4.78 is 14.6. The number of hydrogen-bond acceptors (Lipinski definition) is 1. The highest BCUT2D eigenvalue weighted by Crippen LogP contribution is 2.33. The van der Waals surface area contributed by atoms with Crippen LogP contribution in [0.25, 0.3) is 0 Å². The second kappa shape index (κ2) is 5.28. The highest BCUT2D eigenvalue weighted by Gasteiger charge is 2.28. The van der Waals surface area contributed by atoms with Crippen LogP contribution in [0, 0.1) is 0 Å². The summed E-state index contributed by atoms with van der Waals surface area (Å²) in [6.45, 7) is 4.00. The minimum Gasteiger partial charge on any atom is -0.296 e. The van der Waals surface area contributed by atoms with Crippen LogP contribution in [0.3, 0.4) is 0 Å². The van der Waals surface area contributed by atoms with Crippen LogP contribution in [0.15, 0.2) is 28.7 Å². The second-order valence-electron chi connectivity index (χ2n) is 4.32. The van der Waals surface area contributed by atoms with E-state index < -0.39 is 6.17 Å². The van der Waals surface area contributed by atoms with Gasteiger partial charge in [-0.2, -0.15) is 0 Å². The molecule has 1 aromatic carbocycles. The Morgan fingerprint density at radius 3 is 3.00 bits per heavy atom. The van der Waals surface area contributed by atoms with Gasteiger partial charge in [0, 0.05) is 17.1 Å². The molecule has 0 bridgehead atoms. The average molecular weight is 286 g/mol. The van der Waals surface area contributed by atoms with Crippen molar-refractivity contribution in [2.75, 3.05) is 13.1 Å². The van der Waals surface area contributed by atoms with E-state index in [1.54, 1.807) is 0 Å². The maximum absolute atomic E-state index is 13.5. The number of halogens is 2. The quantitative estimate of drug-likeness (QED) is 0.796. The van der Waals surface area contributed by atoms with Crippen LogP contribution in [-0.4, -0.2) is 24.2 Å². The van der Waals surface area contributed by atoms with E-state index in [-0.39, 0.29) is 6.04 Å². The Morgan fingerprint density at radius 1 is 1.50 bits per heavy atom. The first-order valence-electron chi connectivity index (χ1n) is 5.84. The van der Waals surface area contributed by atoms with Gasteiger partial charge < -0.3 is 0 Å². The first kappa shape index (κ1) is 12.1. The number of rotatable bonds is 2. The summed E-state index contributed by atoms with van der Waals surface area (Å²) in [5, 5.41) is 0. The third-order valence-electron chi connectivity index (χ3n) is 3.29. The zero-order chi connectivity index (χ0) is 11.5. The molecule has 1 aliphatic heterocycles. The van der Waals surface area contributed by atoms with E-state index in [1.165, 1.54) is 5.56 Å². The van der Waals surface area contributed by atoms with Crippen molar-refractivity contribution in [2.24, 2.45) is 0 Å². The zero-order valence-corrected chi connectivity index (χ0v) is 11.1. The van der Waals surface area contributed by atoms with Crippen LogP contribution in [0.1, 0.15) is 31.4 Å². The van der Waals surface area contributed by atoms with Gasteiger partial charge in [0.1, 0.15) is 6.17 Å². The number of hydrogen-bond donors (Lipinski definition) is 0. The monoisotopic (exact) mass is 285 g/mol. The van der Waals surface area contributed by atoms with Crippen molar-refractivity contribution in [2.45, 2.75) is 32.0 Å². The van der Waals surface area contributed by atoms with Crippen molar-refractivity contribution < 1.29 is 4.39 Å². The second-order valence-corrected chi connectivity index (χ2v) is 5.24. The minimum absolute atomic E-state index is 0.242. The van der Waals surface area contributed by atoms with Gasteiger partial charge in [0.25, 0.3) is 0 Å². The van der Waals surface area contributed by atoms with Gasteiger partial charge in [-0.25, -0.2) is 4.39 Å². The largest absolute Gasteiger partial charge is 0.296 e. The van der Waals surface area contributed by atoms with E-state index in [4.69, 9.17) is 0 Å². The number of alkyl halides is 1. The molecule has 0 spiro atoms. The first-order valence-corrected chi connectivity index (χ1v) is 6.63. The summed E-state index contributed by atoms with van der Waals surface area (Å²) >= 11 is 3.47. The molecule has 1 aromatic rings. The van der Waals surface area contributed by atoms with E-state index in [9.17, 15) is 4.39 Å². The fraction of sp³-hybridized carbons (Fsp3) is 0.538. The number of nitrogens with zero attached hydrogens (tertiary/aromatic N) is 1. The molecule has 16 heavy (non-hydrogen) atoms. The lowest BCUT2D eigenvalue weighted by Crippen LogP contribution is -2.37. The topological polar surface area (TPSA) is 3.24 Å². The molecule has 2 unspecified atom stereocenters. The Balaban J connectivity index is 2.22. The van der Waals surface area contributed by atoms with Crippen LogP contribution in [0.4, 0.5) is 4.39 Å². The van der Waals surface area contributed by atoms with Crippen molar-refractivity contribution in [3.8, 4) is 0 Å². The van der Waals surface area contributed by atoms with Crippen molar-refractivity contribution in [3.63, 3.8) is 0 Å². The Hall–Kier alpha value is -0.410. The molecule has 3 heteroatoms. The SMILES string of the molecule is CCN1CCC(F)CC1c1cccc(Br)c1. The molecule has 1 aliphatic rings. The molecule has 2 atom stereocenters. The summed E-state index contributed by atoms with van der Waals surface area (Å²) in [5.74, 6) is 0. The molecule has 0 saturated carbocycles. The van der Waals surface area contributed by atoms with Crippen LogP contribution < -0.4 is 0 Å². The molecule has 88 valence electrons. The third kappa shape index (κ3) is 2.64. The van der Waals surface area contributed by atoms with Gasteiger partial charge in [-0.05, 0) is 37.1 Å². The Kier molecular flexibility index (Phi) is 3.98. The van der Waals surface area contributed by atoms with Gasteiger partial charge in [-0.1, -0.05) is 35.0 Å². The molecule has 1 heterocycles. The van der Waals surface area contributed by atoms with Gasteiger partial charge in [-0.3, -0.25) is 4.90 Å². The summed E-state index contributed by atoms with van der Waals surface area (Å²) in [7, 11) is 0. The lowest BCUT2D eigenvalue weighted by molar-refractivity contribution is 0.0949. The molecule has 0 aliphatic carbocycles. The maximum Gasteiger partial charge on any atom is 0.103 e. The van der Waals surface area contributed by atoms with Gasteiger partial charge in [0.2, 0.25) is 0 Å². The van der Waals surface area contributed by atoms with Crippen molar-refractivity contribution in [1.29, 1.82) is 0 Å². The van der Waals surface area contributed by atoms with E-state index in [1.807, 2.05) is 12.1 Å². The third-order valence-corrected chi connectivity index (χ3v) is 3.78. The predicted octanol–water partition coefficient (Wildman–Crippen LogP) is 3.94. The fourth-order valence-corrected chi connectivity index (χ4v) is 2.83. The number of benzene rings is 1. The summed E-state index contributed by atoms with van der Waals surface area (Å²) in [6, 6.07) is 8.47. The normalized spacial score (nSPS) is 26.9. The smallest absolute Gasteiger partial charge is 0.103 e. The van der Waals surface area contributed by atoms with Crippen molar-refractivity contribution in [3.05, 3.63) is 34.3 Å². The summed E-state index contributed by atoms with van der Waals surface area (Å²) in [5.41, 5.74) is 1.22. The Morgan fingerprint density at radius 2 is 2.31 bits per heavy atom. The highest BCUT2D eigenvalue weighted by molar-refractivity contribution is 9.10. The molecule has 0 aromatic heterocycles. The van der Waals surface area contributed by atoms with Gasteiger partial charge in [-0.15, -0.1) is 0 Å². The van der Waals surface area contributed by atoms with Crippen LogP contribution in [0.2, 0.25) is 0 Å². The molecule has 1 nitrogen and oxygen atoms in total. The van der Waals surface area contributed by atoms with Gasteiger partial charge in [0.05, 0.1) is 0 Å². The van der Waals surface area contributed by atoms with E-state index in [2.05, 4.69) is 39.9 Å². The van der Waals surface area contributed by atoms with Crippen molar-refractivity contribution in [1.82, 2.24) is 4.90 Å². The lowest BCUT2D eigenvalue weighted by Gasteiger charge is -2.36. The van der Waals surface area contributed by atoms with E-state index >= 15 is 0 Å². The first-order chi connectivity index (χ1) is 7.70. The molecule has 0 N–H and O–H groups in total. The summed E-state index contributed by atoms with van der Waals surface area (Å²) in [6.07, 6.45) is 0.662. The van der Waals surface area contributed by atoms with Crippen LogP contribution >= 0.6 is 15.9 Å². The highest BCUT2D eigenvalue weighted by atomic mass is 79.9. The Labute approximate surface area is 105 Å². The van der Waals surface area contributed by atoms with E-state index in [0.717, 1.165) is 17.6 Å². The van der Waals surface area contributed by atoms with E-state index in [0.29, 0.717) is 12.8 Å². The summed E-state index contributed by atoms with van der Waals surface area (Å²) in [4.78, 5) is 2.36. The van der Waals surface area contributed by atoms with Gasteiger partial charge >= 0.3 is 0 Å². The van der Waals surface area contributed by atoms with Crippen LogP contribution in [-0.2, 0) is 0 Å². The molecule has 0 radical (unpaired) electrons. The Bertz CT molecular complexity index is 356. The average Bonchev–Trinajstić information content (AvgIpc) is 2.29. The molecule has 0 amide bonds. The predicted molar refractivity (Wildman–Crippen MR) is 68.3 cm³/mol. The number of likely N-dealkylation sites (tertiary alicyclic amines) is 1. The lowest BCUT2D eigenvalue weighted by atomic mass is 9.94. The molecule has 2 rings (SSSR count). The molecular formula is C13H17BrFN. The fourth-order valence-electron chi connectivity index (χ4n) is 2.41. The standard InChI is InChI=1S/C13H17BrFN/c1-2-16-7-6-12(15)9-13(16)10-4-3-5-11(14)8-10/h3-5,8,12-13H,2,6-7,9H2,1H3. The van der Waals surface area contributed by atoms with Gasteiger partial charge in [0.15, 0.2) is 0 Å². The van der Waals surface area contributed by atoms with Crippen molar-refractivity contribution >= 4 is 15.9 Å². The molecule has 1 fully saturated rings. The minimum atomic E-state index is -0.646. The molecule has 1 saturated heterocycles. The van der Waals surface area contributed by atoms with Crippen LogP contribution in [0.5, 0.6) is 0 Å². The maximum atomic E-state index is 13.5.